The Hall–Kier alpha value is -1.28. The highest BCUT2D eigenvalue weighted by atomic mass is 32.2. The van der Waals surface area contributed by atoms with Crippen LogP contribution in [0.15, 0.2) is 0 Å². The first kappa shape index (κ1) is 18.7. The highest BCUT2D eigenvalue weighted by Crippen LogP contribution is 2.05. The molecule has 0 heterocycles. The van der Waals surface area contributed by atoms with E-state index in [2.05, 4.69) is 10.6 Å². The fourth-order valence-electron chi connectivity index (χ4n) is 1.52. The number of nitrogens with one attached hydrogen (secondary N) is 2. The molecule has 0 aliphatic rings. The third-order valence-corrected chi connectivity index (χ3v) is 3.32. The molecule has 0 aromatic carbocycles. The molecule has 0 fully saturated rings. The summed E-state index contributed by atoms with van der Waals surface area (Å²) < 4.78 is 0. The number of aliphatic carboxylic acids is 1. The maximum absolute atomic E-state index is 12.1. The molecule has 0 saturated carbocycles. The molecule has 0 aliphatic carbocycles. The smallest absolute Gasteiger partial charge is 0.326 e. The minimum Gasteiger partial charge on any atom is -0.480 e. The molecule has 0 saturated heterocycles. The van der Waals surface area contributed by atoms with Gasteiger partial charge < -0.3 is 21.5 Å². The van der Waals surface area contributed by atoms with Crippen molar-refractivity contribution in [3.05, 3.63) is 0 Å². The van der Waals surface area contributed by atoms with Crippen LogP contribution < -0.4 is 16.4 Å². The molecule has 116 valence electrons. The van der Waals surface area contributed by atoms with Crippen molar-refractivity contribution in [1.29, 1.82) is 0 Å². The van der Waals surface area contributed by atoms with Crippen molar-refractivity contribution in [3.8, 4) is 0 Å². The molecule has 0 spiro atoms. The van der Waals surface area contributed by atoms with Crippen molar-refractivity contribution in [1.82, 2.24) is 10.6 Å². The average molecular weight is 305 g/mol. The van der Waals surface area contributed by atoms with E-state index in [0.29, 0.717) is 12.2 Å². The van der Waals surface area contributed by atoms with Gasteiger partial charge in [0.1, 0.15) is 12.1 Å². The number of hydrogen-bond donors (Lipinski definition) is 4. The number of thioether (sulfide) groups is 1. The Morgan fingerprint density at radius 3 is 2.25 bits per heavy atom. The van der Waals surface area contributed by atoms with Crippen molar-refractivity contribution in [2.24, 2.45) is 11.7 Å². The van der Waals surface area contributed by atoms with E-state index < -0.39 is 29.9 Å². The number of carboxylic acids is 1. The highest BCUT2D eigenvalue weighted by Gasteiger charge is 2.27. The van der Waals surface area contributed by atoms with Gasteiger partial charge in [-0.25, -0.2) is 4.79 Å². The lowest BCUT2D eigenvalue weighted by molar-refractivity contribution is -0.142. The zero-order valence-electron chi connectivity index (χ0n) is 12.0. The van der Waals surface area contributed by atoms with Gasteiger partial charge in [-0.15, -0.1) is 0 Å². The first-order valence-electron chi connectivity index (χ1n) is 6.35. The van der Waals surface area contributed by atoms with Gasteiger partial charge in [0.2, 0.25) is 11.8 Å². The summed E-state index contributed by atoms with van der Waals surface area (Å²) in [5.74, 6) is -1.58. The second kappa shape index (κ2) is 9.60. The van der Waals surface area contributed by atoms with Gasteiger partial charge in [-0.05, 0) is 24.3 Å². The van der Waals surface area contributed by atoms with Gasteiger partial charge in [0.15, 0.2) is 0 Å². The molecule has 0 radical (unpaired) electrons. The van der Waals surface area contributed by atoms with Crippen molar-refractivity contribution in [2.75, 3.05) is 18.6 Å². The molecule has 8 heteroatoms. The molecule has 0 aliphatic heterocycles. The minimum absolute atomic E-state index is 0.166. The molecule has 2 atom stereocenters. The molecule has 0 aromatic rings. The molecule has 5 N–H and O–H groups in total. The maximum atomic E-state index is 12.1. The van der Waals surface area contributed by atoms with Crippen molar-refractivity contribution in [3.63, 3.8) is 0 Å². The second-order valence-corrected chi connectivity index (χ2v) is 5.66. The normalized spacial score (nSPS) is 13.7. The van der Waals surface area contributed by atoms with Gasteiger partial charge in [0, 0.05) is 0 Å². The van der Waals surface area contributed by atoms with Crippen molar-refractivity contribution in [2.45, 2.75) is 32.4 Å². The molecule has 2 amide bonds. The summed E-state index contributed by atoms with van der Waals surface area (Å²) in [5.41, 5.74) is 5.20. The third-order valence-electron chi connectivity index (χ3n) is 2.68. The first-order valence-corrected chi connectivity index (χ1v) is 7.74. The number of hydrogen-bond acceptors (Lipinski definition) is 5. The SMILES string of the molecule is CSCCC(NC(=O)C(NC(=O)CN)C(C)C)C(=O)O. The molecule has 0 rings (SSSR count). The van der Waals surface area contributed by atoms with Gasteiger partial charge in [-0.2, -0.15) is 11.8 Å². The second-order valence-electron chi connectivity index (χ2n) is 4.67. The Morgan fingerprint density at radius 2 is 1.85 bits per heavy atom. The van der Waals surface area contributed by atoms with Crippen LogP contribution in [0.1, 0.15) is 20.3 Å². The Morgan fingerprint density at radius 1 is 1.25 bits per heavy atom. The number of rotatable bonds is 9. The maximum Gasteiger partial charge on any atom is 0.326 e. The van der Waals surface area contributed by atoms with E-state index in [9.17, 15) is 14.4 Å². The molecule has 0 aromatic heterocycles. The van der Waals surface area contributed by atoms with Crippen LogP contribution in [-0.2, 0) is 14.4 Å². The zero-order chi connectivity index (χ0) is 15.7. The quantitative estimate of drug-likeness (QED) is 0.452. The number of carbonyl (C=O) groups is 3. The predicted molar refractivity (Wildman–Crippen MR) is 78.4 cm³/mol. The summed E-state index contributed by atoms with van der Waals surface area (Å²) in [7, 11) is 0. The molecular formula is C12H23N3O4S. The number of carboxylic acid groups (broad SMARTS) is 1. The Balaban J connectivity index is 4.70. The van der Waals surface area contributed by atoms with E-state index in [-0.39, 0.29) is 12.5 Å². The Labute approximate surface area is 123 Å². The van der Waals surface area contributed by atoms with Crippen LogP contribution in [0.4, 0.5) is 0 Å². The Bertz CT molecular complexity index is 350. The van der Waals surface area contributed by atoms with Gasteiger partial charge in [-0.1, -0.05) is 13.8 Å². The van der Waals surface area contributed by atoms with E-state index >= 15 is 0 Å². The minimum atomic E-state index is -1.08. The molecule has 20 heavy (non-hydrogen) atoms. The Kier molecular flexibility index (Phi) is 8.98. The molecular weight excluding hydrogens is 282 g/mol. The number of nitrogens with two attached hydrogens (primary N) is 1. The van der Waals surface area contributed by atoms with E-state index in [4.69, 9.17) is 10.8 Å². The number of amides is 2. The fourth-order valence-corrected chi connectivity index (χ4v) is 1.99. The zero-order valence-corrected chi connectivity index (χ0v) is 12.8. The summed E-state index contributed by atoms with van der Waals surface area (Å²) in [6.45, 7) is 3.31. The molecule has 0 bridgehead atoms. The fraction of sp³-hybridized carbons (Fsp3) is 0.750. The van der Waals surface area contributed by atoms with E-state index in [1.54, 1.807) is 13.8 Å². The van der Waals surface area contributed by atoms with E-state index in [0.717, 1.165) is 0 Å². The van der Waals surface area contributed by atoms with Crippen LogP contribution in [0, 0.1) is 5.92 Å². The summed E-state index contributed by atoms with van der Waals surface area (Å²) in [6.07, 6.45) is 2.19. The summed E-state index contributed by atoms with van der Waals surface area (Å²) in [4.78, 5) is 34.4. The van der Waals surface area contributed by atoms with Crippen LogP contribution in [0.5, 0.6) is 0 Å². The van der Waals surface area contributed by atoms with Crippen LogP contribution in [0.3, 0.4) is 0 Å². The van der Waals surface area contributed by atoms with E-state index in [1.807, 2.05) is 6.26 Å². The van der Waals surface area contributed by atoms with Crippen LogP contribution >= 0.6 is 11.8 Å². The summed E-state index contributed by atoms with van der Waals surface area (Å²) in [5, 5.41) is 14.0. The predicted octanol–water partition coefficient (Wildman–Crippen LogP) is -0.592. The highest BCUT2D eigenvalue weighted by molar-refractivity contribution is 7.98. The third kappa shape index (κ3) is 6.76. The lowest BCUT2D eigenvalue weighted by Crippen LogP contribution is -2.54. The standard InChI is InChI=1S/C12H23N3O4S/c1-7(2)10(15-9(16)6-13)11(17)14-8(12(18)19)4-5-20-3/h7-8,10H,4-6,13H2,1-3H3,(H,14,17)(H,15,16)(H,18,19). The average Bonchev–Trinajstić information content (AvgIpc) is 2.39. The molecule has 7 nitrogen and oxygen atoms in total. The van der Waals surface area contributed by atoms with Gasteiger partial charge in [0.25, 0.3) is 0 Å². The van der Waals surface area contributed by atoms with Crippen molar-refractivity contribution >= 4 is 29.5 Å². The number of carbonyl (C=O) groups excluding carboxylic acids is 2. The van der Waals surface area contributed by atoms with Crippen LogP contribution in [-0.4, -0.2) is 53.5 Å². The topological polar surface area (TPSA) is 122 Å². The summed E-state index contributed by atoms with van der Waals surface area (Å²) >= 11 is 1.50. The monoisotopic (exact) mass is 305 g/mol. The lowest BCUT2D eigenvalue weighted by atomic mass is 10.0. The van der Waals surface area contributed by atoms with E-state index in [1.165, 1.54) is 11.8 Å². The molecule has 2 unspecified atom stereocenters. The first-order chi connectivity index (χ1) is 9.33. The summed E-state index contributed by atoms with van der Waals surface area (Å²) in [6, 6.07) is -1.74. The lowest BCUT2D eigenvalue weighted by Gasteiger charge is -2.23. The van der Waals surface area contributed by atoms with Crippen LogP contribution in [0.25, 0.3) is 0 Å². The van der Waals surface area contributed by atoms with Gasteiger partial charge >= 0.3 is 5.97 Å². The van der Waals surface area contributed by atoms with Crippen molar-refractivity contribution < 1.29 is 19.5 Å². The van der Waals surface area contributed by atoms with Crippen LogP contribution in [0.2, 0.25) is 0 Å². The van der Waals surface area contributed by atoms with Gasteiger partial charge in [0.05, 0.1) is 6.54 Å². The largest absolute Gasteiger partial charge is 0.480 e. The van der Waals surface area contributed by atoms with Gasteiger partial charge in [-0.3, -0.25) is 9.59 Å².